The van der Waals surface area contributed by atoms with E-state index >= 15 is 0 Å². The second-order valence-electron chi connectivity index (χ2n) is 8.87. The van der Waals surface area contributed by atoms with Gasteiger partial charge in [-0.2, -0.15) is 0 Å². The Morgan fingerprint density at radius 1 is 1.06 bits per heavy atom. The first-order valence-corrected chi connectivity index (χ1v) is 10.7. The van der Waals surface area contributed by atoms with E-state index in [-0.39, 0.29) is 6.61 Å². The summed E-state index contributed by atoms with van der Waals surface area (Å²) >= 11 is 0. The molecule has 1 fully saturated rings. The van der Waals surface area contributed by atoms with Crippen molar-refractivity contribution in [1.82, 2.24) is 4.90 Å². The lowest BCUT2D eigenvalue weighted by Gasteiger charge is -2.34. The van der Waals surface area contributed by atoms with Gasteiger partial charge in [0.2, 0.25) is 0 Å². The minimum atomic E-state index is -0.706. The summed E-state index contributed by atoms with van der Waals surface area (Å²) in [4.78, 5) is 26.1. The highest BCUT2D eigenvalue weighted by atomic mass is 16.6. The SMILES string of the molecule is CCC1(CCc2ccc(OCc3ccccc3)cc2)COC(=O)N1C(=O)OC(C)(C)C. The van der Waals surface area contributed by atoms with Gasteiger partial charge in [0.15, 0.2) is 0 Å². The predicted octanol–water partition coefficient (Wildman–Crippen LogP) is 5.73. The molecule has 1 aliphatic rings. The monoisotopic (exact) mass is 425 g/mol. The van der Waals surface area contributed by atoms with Crippen LogP contribution in [0.15, 0.2) is 54.6 Å². The molecule has 1 atom stereocenters. The second-order valence-corrected chi connectivity index (χ2v) is 8.87. The van der Waals surface area contributed by atoms with Crippen molar-refractivity contribution in [2.75, 3.05) is 6.61 Å². The Morgan fingerprint density at radius 2 is 1.74 bits per heavy atom. The average Bonchev–Trinajstić information content (AvgIpc) is 3.08. The molecule has 2 aromatic carbocycles. The fourth-order valence-corrected chi connectivity index (χ4v) is 3.59. The smallest absolute Gasteiger partial charge is 0.420 e. The first-order valence-electron chi connectivity index (χ1n) is 10.7. The van der Waals surface area contributed by atoms with E-state index in [1.807, 2.05) is 61.5 Å². The molecule has 0 aliphatic carbocycles. The molecule has 0 radical (unpaired) electrons. The summed E-state index contributed by atoms with van der Waals surface area (Å²) in [7, 11) is 0. The Bertz CT molecular complexity index is 888. The Morgan fingerprint density at radius 3 is 2.35 bits per heavy atom. The zero-order valence-electron chi connectivity index (χ0n) is 18.7. The van der Waals surface area contributed by atoms with Crippen LogP contribution < -0.4 is 4.74 Å². The van der Waals surface area contributed by atoms with E-state index in [2.05, 4.69) is 0 Å². The molecule has 1 unspecified atom stereocenters. The van der Waals surface area contributed by atoms with Crippen LogP contribution in [0.5, 0.6) is 5.75 Å². The van der Waals surface area contributed by atoms with Gasteiger partial charge in [-0.1, -0.05) is 49.4 Å². The second kappa shape index (κ2) is 9.41. The van der Waals surface area contributed by atoms with Gasteiger partial charge in [-0.25, -0.2) is 14.5 Å². The maximum atomic E-state index is 12.7. The topological polar surface area (TPSA) is 65.1 Å². The molecule has 166 valence electrons. The lowest BCUT2D eigenvalue weighted by atomic mass is 9.88. The van der Waals surface area contributed by atoms with Crippen molar-refractivity contribution < 1.29 is 23.8 Å². The summed E-state index contributed by atoms with van der Waals surface area (Å²) in [5.74, 6) is 0.799. The van der Waals surface area contributed by atoms with E-state index in [0.717, 1.165) is 21.8 Å². The molecule has 0 aromatic heterocycles. The number of imide groups is 1. The maximum absolute atomic E-state index is 12.7. The number of carbonyl (C=O) groups excluding carboxylic acids is 2. The van der Waals surface area contributed by atoms with Crippen LogP contribution in [0.1, 0.15) is 51.7 Å². The minimum absolute atomic E-state index is 0.180. The molecule has 0 spiro atoms. The molecule has 0 N–H and O–H groups in total. The molecule has 0 saturated carbocycles. The molecule has 31 heavy (non-hydrogen) atoms. The number of benzene rings is 2. The summed E-state index contributed by atoms with van der Waals surface area (Å²) in [6.07, 6.45) is 0.597. The van der Waals surface area contributed by atoms with Crippen LogP contribution in [0, 0.1) is 0 Å². The van der Waals surface area contributed by atoms with Gasteiger partial charge in [0.1, 0.15) is 24.6 Å². The Labute approximate surface area is 184 Å². The van der Waals surface area contributed by atoms with Crippen LogP contribution in [0.3, 0.4) is 0 Å². The first kappa shape index (κ1) is 22.7. The third-order valence-electron chi connectivity index (χ3n) is 5.41. The molecule has 1 saturated heterocycles. The van der Waals surface area contributed by atoms with Gasteiger partial charge < -0.3 is 14.2 Å². The fraction of sp³-hybridized carbons (Fsp3) is 0.440. The van der Waals surface area contributed by atoms with Crippen molar-refractivity contribution in [2.45, 2.75) is 64.7 Å². The number of nitrogens with zero attached hydrogens (tertiary/aromatic N) is 1. The lowest BCUT2D eigenvalue weighted by molar-refractivity contribution is 0.0167. The van der Waals surface area contributed by atoms with E-state index in [9.17, 15) is 9.59 Å². The number of cyclic esters (lactones) is 1. The highest BCUT2D eigenvalue weighted by Gasteiger charge is 2.51. The summed E-state index contributed by atoms with van der Waals surface area (Å²) in [6.45, 7) is 7.99. The molecule has 6 heteroatoms. The number of hydrogen-bond donors (Lipinski definition) is 0. The lowest BCUT2D eigenvalue weighted by Crippen LogP contribution is -2.51. The van der Waals surface area contributed by atoms with Crippen molar-refractivity contribution in [3.05, 3.63) is 65.7 Å². The van der Waals surface area contributed by atoms with Crippen LogP contribution >= 0.6 is 0 Å². The zero-order valence-corrected chi connectivity index (χ0v) is 18.7. The molecule has 1 aliphatic heterocycles. The van der Waals surface area contributed by atoms with Crippen molar-refractivity contribution in [3.8, 4) is 5.75 Å². The van der Waals surface area contributed by atoms with Crippen LogP contribution in [-0.4, -0.2) is 34.8 Å². The molecule has 6 nitrogen and oxygen atoms in total. The van der Waals surface area contributed by atoms with Crippen LogP contribution in [0.25, 0.3) is 0 Å². The van der Waals surface area contributed by atoms with E-state index in [4.69, 9.17) is 14.2 Å². The summed E-state index contributed by atoms with van der Waals surface area (Å²) in [5.41, 5.74) is 0.824. The van der Waals surface area contributed by atoms with E-state index in [0.29, 0.717) is 25.9 Å². The Hall–Kier alpha value is -3.02. The third kappa shape index (κ3) is 5.78. The molecule has 2 amide bonds. The molecule has 2 aromatic rings. The van der Waals surface area contributed by atoms with Crippen molar-refractivity contribution in [2.24, 2.45) is 0 Å². The van der Waals surface area contributed by atoms with Crippen LogP contribution in [0.4, 0.5) is 9.59 Å². The van der Waals surface area contributed by atoms with Gasteiger partial charge in [0, 0.05) is 0 Å². The number of hydrogen-bond acceptors (Lipinski definition) is 5. The van der Waals surface area contributed by atoms with Gasteiger partial charge in [-0.15, -0.1) is 0 Å². The predicted molar refractivity (Wildman–Crippen MR) is 118 cm³/mol. The van der Waals surface area contributed by atoms with Gasteiger partial charge in [0.25, 0.3) is 0 Å². The van der Waals surface area contributed by atoms with E-state index in [1.54, 1.807) is 20.8 Å². The molecule has 3 rings (SSSR count). The summed E-state index contributed by atoms with van der Waals surface area (Å²) < 4.78 is 16.5. The largest absolute Gasteiger partial charge is 0.489 e. The quantitative estimate of drug-likeness (QED) is 0.566. The normalized spacial score (nSPS) is 18.6. The zero-order chi connectivity index (χ0) is 22.5. The van der Waals surface area contributed by atoms with Crippen molar-refractivity contribution >= 4 is 12.2 Å². The average molecular weight is 426 g/mol. The Kier molecular flexibility index (Phi) is 6.88. The van der Waals surface area contributed by atoms with Gasteiger partial charge in [0.05, 0.1) is 5.54 Å². The standard InChI is InChI=1S/C25H31NO5/c1-5-25(18-30-22(27)26(25)23(28)31-24(2,3)4)16-15-19-11-13-21(14-12-19)29-17-20-9-7-6-8-10-20/h6-14H,5,15-18H2,1-4H3. The Balaban J connectivity index is 1.62. The summed E-state index contributed by atoms with van der Waals surface area (Å²) in [6, 6.07) is 17.9. The van der Waals surface area contributed by atoms with Crippen LogP contribution in [0.2, 0.25) is 0 Å². The number of amides is 2. The number of aryl methyl sites for hydroxylation is 1. The highest BCUT2D eigenvalue weighted by Crippen LogP contribution is 2.34. The van der Waals surface area contributed by atoms with Crippen LogP contribution in [-0.2, 0) is 22.5 Å². The fourth-order valence-electron chi connectivity index (χ4n) is 3.59. The maximum Gasteiger partial charge on any atom is 0.420 e. The van der Waals surface area contributed by atoms with E-state index in [1.165, 1.54) is 0 Å². The summed E-state index contributed by atoms with van der Waals surface area (Å²) in [5, 5.41) is 0. The van der Waals surface area contributed by atoms with Crippen molar-refractivity contribution in [3.63, 3.8) is 0 Å². The van der Waals surface area contributed by atoms with Gasteiger partial charge in [-0.3, -0.25) is 0 Å². The van der Waals surface area contributed by atoms with Crippen molar-refractivity contribution in [1.29, 1.82) is 0 Å². The third-order valence-corrected chi connectivity index (χ3v) is 5.41. The highest BCUT2D eigenvalue weighted by molar-refractivity contribution is 5.90. The molecular weight excluding hydrogens is 394 g/mol. The van der Waals surface area contributed by atoms with E-state index < -0.39 is 23.3 Å². The molecular formula is C25H31NO5. The number of ether oxygens (including phenoxy) is 3. The molecule has 1 heterocycles. The molecule has 0 bridgehead atoms. The van der Waals surface area contributed by atoms with Gasteiger partial charge in [-0.05, 0) is 63.3 Å². The number of rotatable bonds is 7. The number of carbonyl (C=O) groups is 2. The van der Waals surface area contributed by atoms with Gasteiger partial charge >= 0.3 is 12.2 Å². The minimum Gasteiger partial charge on any atom is -0.489 e. The first-order chi connectivity index (χ1) is 14.7.